The van der Waals surface area contributed by atoms with Crippen molar-refractivity contribution < 1.29 is 13.2 Å². The van der Waals surface area contributed by atoms with Crippen LogP contribution >= 0.6 is 0 Å². The van der Waals surface area contributed by atoms with Crippen LogP contribution in [0.15, 0.2) is 54.6 Å². The lowest BCUT2D eigenvalue weighted by Gasteiger charge is -2.13. The summed E-state index contributed by atoms with van der Waals surface area (Å²) in [4.78, 5) is 0. The first-order valence-electron chi connectivity index (χ1n) is 6.91. The standard InChI is InChI=1S/C16H17NO3S/c18-21(19)11-10-14(12-21)17-13-6-8-16(9-7-13)20-15-4-2-1-3-5-15/h1-9,14,17H,10-12H2. The maximum atomic E-state index is 11.4. The van der Waals surface area contributed by atoms with Gasteiger partial charge in [-0.1, -0.05) is 18.2 Å². The average Bonchev–Trinajstić information content (AvgIpc) is 2.81. The Morgan fingerprint density at radius 1 is 0.952 bits per heavy atom. The summed E-state index contributed by atoms with van der Waals surface area (Å²) in [5, 5.41) is 3.25. The van der Waals surface area contributed by atoms with Crippen molar-refractivity contribution in [3.05, 3.63) is 54.6 Å². The van der Waals surface area contributed by atoms with Crippen LogP contribution in [0.3, 0.4) is 0 Å². The minimum absolute atomic E-state index is 0.0101. The molecule has 1 saturated heterocycles. The Morgan fingerprint density at radius 2 is 1.62 bits per heavy atom. The summed E-state index contributed by atoms with van der Waals surface area (Å²) in [6.45, 7) is 0. The summed E-state index contributed by atoms with van der Waals surface area (Å²) in [7, 11) is -2.85. The molecule has 0 saturated carbocycles. The highest BCUT2D eigenvalue weighted by Gasteiger charge is 2.27. The van der Waals surface area contributed by atoms with E-state index in [4.69, 9.17) is 4.74 Å². The maximum Gasteiger partial charge on any atom is 0.152 e. The number of sulfone groups is 1. The van der Waals surface area contributed by atoms with Gasteiger partial charge in [-0.3, -0.25) is 0 Å². The number of para-hydroxylation sites is 1. The van der Waals surface area contributed by atoms with Crippen LogP contribution in [0.1, 0.15) is 6.42 Å². The van der Waals surface area contributed by atoms with Crippen LogP contribution < -0.4 is 10.1 Å². The van der Waals surface area contributed by atoms with Crippen molar-refractivity contribution in [3.8, 4) is 11.5 Å². The van der Waals surface area contributed by atoms with Crippen molar-refractivity contribution in [2.24, 2.45) is 0 Å². The second-order valence-corrected chi connectivity index (χ2v) is 7.41. The molecule has 1 aliphatic heterocycles. The second-order valence-electron chi connectivity index (χ2n) is 5.18. The highest BCUT2D eigenvalue weighted by molar-refractivity contribution is 7.91. The van der Waals surface area contributed by atoms with Gasteiger partial charge in [-0.05, 0) is 42.8 Å². The zero-order chi connectivity index (χ0) is 14.7. The molecule has 5 heteroatoms. The van der Waals surface area contributed by atoms with E-state index in [1.165, 1.54) is 0 Å². The predicted octanol–water partition coefficient (Wildman–Crippen LogP) is 3.08. The van der Waals surface area contributed by atoms with Crippen molar-refractivity contribution in [1.82, 2.24) is 0 Å². The summed E-state index contributed by atoms with van der Waals surface area (Å²) >= 11 is 0. The molecule has 0 spiro atoms. The fourth-order valence-corrected chi connectivity index (χ4v) is 4.06. The van der Waals surface area contributed by atoms with Gasteiger partial charge in [-0.25, -0.2) is 8.42 Å². The SMILES string of the molecule is O=S1(=O)CCC(Nc2ccc(Oc3ccccc3)cc2)C1. The Hall–Kier alpha value is -2.01. The second kappa shape index (κ2) is 5.77. The Labute approximate surface area is 124 Å². The third kappa shape index (κ3) is 3.76. The molecule has 0 aromatic heterocycles. The zero-order valence-electron chi connectivity index (χ0n) is 11.5. The number of hydrogen-bond acceptors (Lipinski definition) is 4. The van der Waals surface area contributed by atoms with E-state index in [9.17, 15) is 8.42 Å². The van der Waals surface area contributed by atoms with Gasteiger partial charge in [0.15, 0.2) is 9.84 Å². The van der Waals surface area contributed by atoms with E-state index in [0.717, 1.165) is 17.2 Å². The lowest BCUT2D eigenvalue weighted by molar-refractivity contribution is 0.483. The van der Waals surface area contributed by atoms with Crippen LogP contribution in [0.5, 0.6) is 11.5 Å². The number of benzene rings is 2. The average molecular weight is 303 g/mol. The molecule has 1 atom stereocenters. The first kappa shape index (κ1) is 13.9. The van der Waals surface area contributed by atoms with E-state index in [-0.39, 0.29) is 17.5 Å². The van der Waals surface area contributed by atoms with Gasteiger partial charge in [-0.2, -0.15) is 0 Å². The van der Waals surface area contributed by atoms with Gasteiger partial charge >= 0.3 is 0 Å². The Balaban J connectivity index is 1.62. The predicted molar refractivity (Wildman–Crippen MR) is 83.6 cm³/mol. The summed E-state index contributed by atoms with van der Waals surface area (Å²) in [6.07, 6.45) is 0.671. The minimum atomic E-state index is -2.85. The highest BCUT2D eigenvalue weighted by atomic mass is 32.2. The van der Waals surface area contributed by atoms with Crippen LogP contribution in [0.4, 0.5) is 5.69 Å². The van der Waals surface area contributed by atoms with Gasteiger partial charge in [0.05, 0.1) is 11.5 Å². The molecule has 1 fully saturated rings. The van der Waals surface area contributed by atoms with Crippen molar-refractivity contribution in [2.75, 3.05) is 16.8 Å². The van der Waals surface area contributed by atoms with E-state index in [1.54, 1.807) is 0 Å². The fourth-order valence-electron chi connectivity index (χ4n) is 2.39. The lowest BCUT2D eigenvalue weighted by atomic mass is 10.2. The van der Waals surface area contributed by atoms with Crippen molar-refractivity contribution in [2.45, 2.75) is 12.5 Å². The van der Waals surface area contributed by atoms with Crippen molar-refractivity contribution >= 4 is 15.5 Å². The van der Waals surface area contributed by atoms with Crippen molar-refractivity contribution in [1.29, 1.82) is 0 Å². The van der Waals surface area contributed by atoms with Crippen LogP contribution in [0, 0.1) is 0 Å². The van der Waals surface area contributed by atoms with Gasteiger partial charge in [0, 0.05) is 11.7 Å². The Morgan fingerprint density at radius 3 is 2.24 bits per heavy atom. The monoisotopic (exact) mass is 303 g/mol. The maximum absolute atomic E-state index is 11.4. The summed E-state index contributed by atoms with van der Waals surface area (Å²) < 4.78 is 28.6. The van der Waals surface area contributed by atoms with E-state index < -0.39 is 9.84 Å². The molecule has 4 nitrogen and oxygen atoms in total. The Kier molecular flexibility index (Phi) is 3.84. The molecule has 1 unspecified atom stereocenters. The normalized spacial score (nSPS) is 20.1. The molecule has 2 aromatic rings. The third-order valence-corrected chi connectivity index (χ3v) is 5.20. The van der Waals surface area contributed by atoms with Crippen LogP contribution in [0.25, 0.3) is 0 Å². The van der Waals surface area contributed by atoms with Crippen LogP contribution in [-0.4, -0.2) is 26.0 Å². The molecule has 3 rings (SSSR count). The number of hydrogen-bond donors (Lipinski definition) is 1. The smallest absolute Gasteiger partial charge is 0.152 e. The molecule has 21 heavy (non-hydrogen) atoms. The molecule has 2 aromatic carbocycles. The highest BCUT2D eigenvalue weighted by Crippen LogP contribution is 2.24. The number of rotatable bonds is 4. The molecular formula is C16H17NO3S. The zero-order valence-corrected chi connectivity index (χ0v) is 12.3. The topological polar surface area (TPSA) is 55.4 Å². The van der Waals surface area contributed by atoms with E-state index in [2.05, 4.69) is 5.32 Å². The van der Waals surface area contributed by atoms with Gasteiger partial charge < -0.3 is 10.1 Å². The van der Waals surface area contributed by atoms with E-state index >= 15 is 0 Å². The molecule has 0 radical (unpaired) electrons. The van der Waals surface area contributed by atoms with Crippen molar-refractivity contribution in [3.63, 3.8) is 0 Å². The fraction of sp³-hybridized carbons (Fsp3) is 0.250. The molecule has 0 bridgehead atoms. The third-order valence-electron chi connectivity index (χ3n) is 3.44. The Bertz CT molecular complexity index is 696. The van der Waals surface area contributed by atoms with Crippen LogP contribution in [0.2, 0.25) is 0 Å². The van der Waals surface area contributed by atoms with Gasteiger partial charge in [-0.15, -0.1) is 0 Å². The molecule has 1 aliphatic rings. The molecule has 0 aliphatic carbocycles. The number of anilines is 1. The number of ether oxygens (including phenoxy) is 1. The molecule has 0 amide bonds. The summed E-state index contributed by atoms with van der Waals surface area (Å²) in [5.41, 5.74) is 0.914. The van der Waals surface area contributed by atoms with E-state index in [0.29, 0.717) is 6.42 Å². The molecule has 110 valence electrons. The van der Waals surface area contributed by atoms with Gasteiger partial charge in [0.2, 0.25) is 0 Å². The number of nitrogens with one attached hydrogen (secondary N) is 1. The summed E-state index contributed by atoms with van der Waals surface area (Å²) in [5.74, 6) is 2.04. The largest absolute Gasteiger partial charge is 0.457 e. The first-order valence-corrected chi connectivity index (χ1v) is 8.73. The minimum Gasteiger partial charge on any atom is -0.457 e. The molecular weight excluding hydrogens is 286 g/mol. The van der Waals surface area contributed by atoms with E-state index in [1.807, 2.05) is 54.6 Å². The van der Waals surface area contributed by atoms with Gasteiger partial charge in [0.25, 0.3) is 0 Å². The van der Waals surface area contributed by atoms with Crippen LogP contribution in [-0.2, 0) is 9.84 Å². The first-order chi connectivity index (χ1) is 10.1. The molecule has 1 heterocycles. The lowest BCUT2D eigenvalue weighted by Crippen LogP contribution is -2.20. The van der Waals surface area contributed by atoms with Gasteiger partial charge in [0.1, 0.15) is 11.5 Å². The summed E-state index contributed by atoms with van der Waals surface area (Å²) in [6, 6.07) is 17.2. The molecule has 1 N–H and O–H groups in total. The quantitative estimate of drug-likeness (QED) is 0.943.